The summed E-state index contributed by atoms with van der Waals surface area (Å²) in [6.45, 7) is 2.68. The zero-order chi connectivity index (χ0) is 14.7. The van der Waals surface area contributed by atoms with Crippen LogP contribution in [0.15, 0.2) is 18.2 Å². The molecule has 5 nitrogen and oxygen atoms in total. The Hall–Kier alpha value is -1.82. The highest BCUT2D eigenvalue weighted by atomic mass is 19.1. The van der Waals surface area contributed by atoms with E-state index >= 15 is 0 Å². The third-order valence-electron chi connectivity index (χ3n) is 3.62. The number of hydrogen-bond acceptors (Lipinski definition) is 4. The molecule has 20 heavy (non-hydrogen) atoms. The SMILES string of the molecule is CC(=O)C1CCCCN1Cc1cc(F)cc([N+](=O)[O-])c1. The summed E-state index contributed by atoms with van der Waals surface area (Å²) >= 11 is 0. The Labute approximate surface area is 116 Å². The Morgan fingerprint density at radius 2 is 2.20 bits per heavy atom. The molecule has 108 valence electrons. The van der Waals surface area contributed by atoms with Gasteiger partial charge >= 0.3 is 0 Å². The predicted octanol–water partition coefficient (Wildman–Crippen LogP) is 2.68. The van der Waals surface area contributed by atoms with Crippen molar-refractivity contribution in [1.82, 2.24) is 4.90 Å². The van der Waals surface area contributed by atoms with Gasteiger partial charge in [0.15, 0.2) is 0 Å². The van der Waals surface area contributed by atoms with Crippen LogP contribution in [-0.4, -0.2) is 28.2 Å². The van der Waals surface area contributed by atoms with Gasteiger partial charge in [0.2, 0.25) is 0 Å². The molecule has 0 radical (unpaired) electrons. The first-order chi connectivity index (χ1) is 9.47. The molecular formula is C14H17FN2O3. The lowest BCUT2D eigenvalue weighted by molar-refractivity contribution is -0.385. The summed E-state index contributed by atoms with van der Waals surface area (Å²) in [5.41, 5.74) is 0.279. The van der Waals surface area contributed by atoms with Gasteiger partial charge in [0, 0.05) is 12.6 Å². The molecule has 1 aliphatic rings. The van der Waals surface area contributed by atoms with Crippen LogP contribution in [0, 0.1) is 15.9 Å². The van der Waals surface area contributed by atoms with Crippen molar-refractivity contribution in [3.05, 3.63) is 39.7 Å². The van der Waals surface area contributed by atoms with Gasteiger partial charge in [0.05, 0.1) is 17.0 Å². The van der Waals surface area contributed by atoms with Crippen molar-refractivity contribution in [1.29, 1.82) is 0 Å². The molecule has 0 amide bonds. The highest BCUT2D eigenvalue weighted by Crippen LogP contribution is 2.23. The number of Topliss-reactive ketones (excluding diaryl/α,β-unsaturated/α-hetero) is 1. The highest BCUT2D eigenvalue weighted by molar-refractivity contribution is 5.81. The molecule has 0 aromatic heterocycles. The largest absolute Gasteiger partial charge is 0.298 e. The number of likely N-dealkylation sites (tertiary alicyclic amines) is 1. The van der Waals surface area contributed by atoms with Gasteiger partial charge in [-0.25, -0.2) is 4.39 Å². The zero-order valence-electron chi connectivity index (χ0n) is 11.3. The molecule has 0 spiro atoms. The quantitative estimate of drug-likeness (QED) is 0.628. The maximum absolute atomic E-state index is 13.4. The third kappa shape index (κ3) is 3.39. The minimum absolute atomic E-state index is 0.0932. The van der Waals surface area contributed by atoms with Gasteiger partial charge < -0.3 is 0 Å². The van der Waals surface area contributed by atoms with E-state index in [9.17, 15) is 19.3 Å². The van der Waals surface area contributed by atoms with E-state index in [-0.39, 0.29) is 17.5 Å². The Bertz CT molecular complexity index is 533. The Morgan fingerprint density at radius 1 is 1.45 bits per heavy atom. The van der Waals surface area contributed by atoms with Crippen LogP contribution in [0.25, 0.3) is 0 Å². The molecule has 2 rings (SSSR count). The van der Waals surface area contributed by atoms with Crippen LogP contribution in [0.3, 0.4) is 0 Å². The average molecular weight is 280 g/mol. The van der Waals surface area contributed by atoms with Crippen LogP contribution < -0.4 is 0 Å². The molecule has 6 heteroatoms. The van der Waals surface area contributed by atoms with Gasteiger partial charge in [-0.05, 0) is 37.9 Å². The summed E-state index contributed by atoms with van der Waals surface area (Å²) in [5.74, 6) is -0.527. The molecule has 1 atom stereocenters. The maximum Gasteiger partial charge on any atom is 0.272 e. The van der Waals surface area contributed by atoms with Crippen molar-refractivity contribution in [2.45, 2.75) is 38.8 Å². The molecular weight excluding hydrogens is 263 g/mol. The number of piperidine rings is 1. The van der Waals surface area contributed by atoms with Crippen molar-refractivity contribution in [3.63, 3.8) is 0 Å². The minimum atomic E-state index is -0.620. The van der Waals surface area contributed by atoms with Gasteiger partial charge in [-0.2, -0.15) is 0 Å². The second-order valence-corrected chi connectivity index (χ2v) is 5.17. The smallest absolute Gasteiger partial charge is 0.272 e. The molecule has 1 fully saturated rings. The molecule has 1 aliphatic heterocycles. The van der Waals surface area contributed by atoms with E-state index in [0.717, 1.165) is 31.9 Å². The number of carbonyl (C=O) groups is 1. The fraction of sp³-hybridized carbons (Fsp3) is 0.500. The molecule has 1 unspecified atom stereocenters. The van der Waals surface area contributed by atoms with Crippen LogP contribution in [0.4, 0.5) is 10.1 Å². The number of benzene rings is 1. The second kappa shape index (κ2) is 6.09. The second-order valence-electron chi connectivity index (χ2n) is 5.17. The highest BCUT2D eigenvalue weighted by Gasteiger charge is 2.26. The molecule has 0 saturated carbocycles. The number of non-ortho nitro benzene ring substituents is 1. The summed E-state index contributed by atoms with van der Waals surface area (Å²) < 4.78 is 13.4. The van der Waals surface area contributed by atoms with Crippen LogP contribution in [0.2, 0.25) is 0 Å². The molecule has 0 aliphatic carbocycles. The standard InChI is InChI=1S/C14H17FN2O3/c1-10(18)14-4-2-3-5-16(14)9-11-6-12(15)8-13(7-11)17(19)20/h6-8,14H,2-5,9H2,1H3. The molecule has 1 heterocycles. The summed E-state index contributed by atoms with van der Waals surface area (Å²) in [4.78, 5) is 23.7. The number of ketones is 1. The van der Waals surface area contributed by atoms with Crippen LogP contribution in [-0.2, 0) is 11.3 Å². The Kier molecular flexibility index (Phi) is 4.44. The van der Waals surface area contributed by atoms with Crippen LogP contribution >= 0.6 is 0 Å². The fourth-order valence-corrected chi connectivity index (χ4v) is 2.71. The topological polar surface area (TPSA) is 63.5 Å². The van der Waals surface area contributed by atoms with E-state index in [0.29, 0.717) is 12.1 Å². The van der Waals surface area contributed by atoms with Crippen molar-refractivity contribution in [3.8, 4) is 0 Å². The lowest BCUT2D eigenvalue weighted by Crippen LogP contribution is -2.43. The lowest BCUT2D eigenvalue weighted by Gasteiger charge is -2.34. The number of halogens is 1. The van der Waals surface area contributed by atoms with E-state index in [1.165, 1.54) is 12.1 Å². The number of nitro groups is 1. The fourth-order valence-electron chi connectivity index (χ4n) is 2.71. The first-order valence-electron chi connectivity index (χ1n) is 6.66. The number of hydrogen-bond donors (Lipinski definition) is 0. The third-order valence-corrected chi connectivity index (χ3v) is 3.62. The van der Waals surface area contributed by atoms with Crippen LogP contribution in [0.1, 0.15) is 31.7 Å². The van der Waals surface area contributed by atoms with Crippen molar-refractivity contribution < 1.29 is 14.1 Å². The van der Waals surface area contributed by atoms with Gasteiger partial charge in [-0.1, -0.05) is 6.42 Å². The average Bonchev–Trinajstić information content (AvgIpc) is 2.38. The molecule has 1 aromatic carbocycles. The van der Waals surface area contributed by atoms with Gasteiger partial charge in [-0.3, -0.25) is 19.8 Å². The van der Waals surface area contributed by atoms with E-state index in [2.05, 4.69) is 0 Å². The number of nitrogens with zero attached hydrogens (tertiary/aromatic N) is 2. The molecule has 1 saturated heterocycles. The molecule has 0 bridgehead atoms. The zero-order valence-corrected chi connectivity index (χ0v) is 11.3. The van der Waals surface area contributed by atoms with Gasteiger partial charge in [-0.15, -0.1) is 0 Å². The predicted molar refractivity (Wildman–Crippen MR) is 71.8 cm³/mol. The van der Waals surface area contributed by atoms with E-state index < -0.39 is 10.7 Å². The van der Waals surface area contributed by atoms with E-state index in [1.54, 1.807) is 6.92 Å². The summed E-state index contributed by atoms with van der Waals surface area (Å²) in [5, 5.41) is 10.7. The monoisotopic (exact) mass is 280 g/mol. The number of rotatable bonds is 4. The summed E-state index contributed by atoms with van der Waals surface area (Å²) in [6, 6.07) is 3.40. The van der Waals surface area contributed by atoms with E-state index in [1.807, 2.05) is 4.90 Å². The summed E-state index contributed by atoms with van der Waals surface area (Å²) in [7, 11) is 0. The lowest BCUT2D eigenvalue weighted by atomic mass is 9.98. The normalized spacial score (nSPS) is 19.8. The first-order valence-corrected chi connectivity index (χ1v) is 6.66. The molecule has 0 N–H and O–H groups in total. The summed E-state index contributed by atoms with van der Waals surface area (Å²) in [6.07, 6.45) is 2.79. The maximum atomic E-state index is 13.4. The number of nitro benzene ring substituents is 1. The molecule has 1 aromatic rings. The van der Waals surface area contributed by atoms with Crippen LogP contribution in [0.5, 0.6) is 0 Å². The van der Waals surface area contributed by atoms with Gasteiger partial charge in [0.25, 0.3) is 5.69 Å². The minimum Gasteiger partial charge on any atom is -0.298 e. The Morgan fingerprint density at radius 3 is 2.85 bits per heavy atom. The van der Waals surface area contributed by atoms with Crippen molar-refractivity contribution in [2.24, 2.45) is 0 Å². The van der Waals surface area contributed by atoms with Crippen molar-refractivity contribution >= 4 is 11.5 Å². The van der Waals surface area contributed by atoms with Crippen molar-refractivity contribution in [2.75, 3.05) is 6.54 Å². The number of carbonyl (C=O) groups excluding carboxylic acids is 1. The first kappa shape index (κ1) is 14.6. The Balaban J connectivity index is 2.19. The van der Waals surface area contributed by atoms with Gasteiger partial charge in [0.1, 0.15) is 11.6 Å². The van der Waals surface area contributed by atoms with E-state index in [4.69, 9.17) is 0 Å².